The van der Waals surface area contributed by atoms with Gasteiger partial charge in [0.05, 0.1) is 4.90 Å². The Labute approximate surface area is 73.6 Å². The minimum absolute atomic E-state index is 0.655. The van der Waals surface area contributed by atoms with E-state index in [4.69, 9.17) is 0 Å². The molecule has 0 saturated heterocycles. The number of hydrogen-bond acceptors (Lipinski definition) is 0. The number of rotatable bonds is 3. The molecule has 0 saturated carbocycles. The molecule has 0 nitrogen and oxygen atoms in total. The second kappa shape index (κ2) is 3.15. The fourth-order valence-corrected chi connectivity index (χ4v) is 5.14. The van der Waals surface area contributed by atoms with Gasteiger partial charge < -0.3 is 0 Å². The van der Waals surface area contributed by atoms with Gasteiger partial charge in [0, 0.05) is 0 Å². The van der Waals surface area contributed by atoms with Crippen molar-refractivity contribution >= 4 is 15.7 Å². The summed E-state index contributed by atoms with van der Waals surface area (Å²) in [5.41, 5.74) is 0. The largest absolute Gasteiger partial charge is 0.0624 e. The zero-order chi connectivity index (χ0) is 8.65. The zero-order valence-electron chi connectivity index (χ0n) is 8.13. The van der Waals surface area contributed by atoms with E-state index in [2.05, 4.69) is 34.6 Å². The smallest absolute Gasteiger partial charge is 0.0622 e. The highest BCUT2D eigenvalue weighted by Gasteiger charge is 2.42. The Bertz CT molecular complexity index is 156. The first kappa shape index (κ1) is 9.69. The van der Waals surface area contributed by atoms with E-state index in [1.54, 1.807) is 15.7 Å². The molecule has 0 radical (unpaired) electrons. The van der Waals surface area contributed by atoms with Crippen LogP contribution >= 0.6 is 15.7 Å². The summed E-state index contributed by atoms with van der Waals surface area (Å²) in [6, 6.07) is 0. The Morgan fingerprint density at radius 2 is 1.27 bits per heavy atom. The van der Waals surface area contributed by atoms with E-state index >= 15 is 0 Å². The van der Waals surface area contributed by atoms with Gasteiger partial charge >= 0.3 is 0 Å². The van der Waals surface area contributed by atoms with Gasteiger partial charge in [-0.1, -0.05) is 43.4 Å². The molecule has 0 unspecified atom stereocenters. The van der Waals surface area contributed by atoms with Gasteiger partial charge in [-0.3, -0.25) is 0 Å². The maximum atomic E-state index is 2.43. The molecule has 0 spiro atoms. The standard InChI is InChI=1S/C9H18P2/c1-6(2)8(7(3)4)9(5)10-11-9/h6-8H,1-5H3. The van der Waals surface area contributed by atoms with Crippen molar-refractivity contribution in [3.8, 4) is 0 Å². The van der Waals surface area contributed by atoms with Gasteiger partial charge in [0.15, 0.2) is 0 Å². The Kier molecular flexibility index (Phi) is 2.78. The van der Waals surface area contributed by atoms with Crippen LogP contribution in [0.15, 0.2) is 0 Å². The molecule has 0 aromatic carbocycles. The van der Waals surface area contributed by atoms with Gasteiger partial charge in [-0.15, -0.1) is 0 Å². The molecule has 1 aliphatic heterocycles. The molecule has 0 fully saturated rings. The summed E-state index contributed by atoms with van der Waals surface area (Å²) in [4.78, 5) is 0.655. The first-order valence-corrected chi connectivity index (χ1v) is 6.91. The first-order chi connectivity index (χ1) is 4.97. The fourth-order valence-electron chi connectivity index (χ4n) is 2.24. The van der Waals surface area contributed by atoms with Gasteiger partial charge in [0.25, 0.3) is 0 Å². The Morgan fingerprint density at radius 1 is 0.909 bits per heavy atom. The van der Waals surface area contributed by atoms with E-state index < -0.39 is 0 Å². The van der Waals surface area contributed by atoms with Gasteiger partial charge in [-0.05, 0) is 24.7 Å². The van der Waals surface area contributed by atoms with Crippen LogP contribution in [0.4, 0.5) is 0 Å². The van der Waals surface area contributed by atoms with Crippen LogP contribution in [0.2, 0.25) is 0 Å². The second-order valence-electron chi connectivity index (χ2n) is 4.31. The molecule has 0 aromatic rings. The molecule has 0 bridgehead atoms. The molecule has 1 heterocycles. The van der Waals surface area contributed by atoms with Gasteiger partial charge in [0.1, 0.15) is 0 Å². The monoisotopic (exact) mass is 188 g/mol. The van der Waals surface area contributed by atoms with Crippen molar-refractivity contribution in [1.29, 1.82) is 0 Å². The van der Waals surface area contributed by atoms with Crippen LogP contribution in [0.25, 0.3) is 0 Å². The lowest BCUT2D eigenvalue weighted by Crippen LogP contribution is -2.27. The van der Waals surface area contributed by atoms with E-state index in [1.165, 1.54) is 0 Å². The van der Waals surface area contributed by atoms with Gasteiger partial charge in [-0.25, -0.2) is 0 Å². The normalized spacial score (nSPS) is 32.0. The highest BCUT2D eigenvalue weighted by atomic mass is 31.8. The average molecular weight is 188 g/mol. The molecule has 2 heteroatoms. The fraction of sp³-hybridized carbons (Fsp3) is 1.00. The van der Waals surface area contributed by atoms with Crippen LogP contribution in [0, 0.1) is 17.8 Å². The zero-order valence-corrected chi connectivity index (χ0v) is 9.92. The lowest BCUT2D eigenvalue weighted by molar-refractivity contribution is 0.275. The van der Waals surface area contributed by atoms with E-state index in [9.17, 15) is 0 Å². The van der Waals surface area contributed by atoms with Crippen LogP contribution in [0.3, 0.4) is 0 Å². The van der Waals surface area contributed by atoms with Crippen molar-refractivity contribution < 1.29 is 0 Å². The van der Waals surface area contributed by atoms with Crippen molar-refractivity contribution in [2.45, 2.75) is 39.5 Å². The Balaban J connectivity index is 2.61. The summed E-state index contributed by atoms with van der Waals surface area (Å²) in [6.45, 7) is 11.9. The van der Waals surface area contributed by atoms with Crippen LogP contribution in [0.5, 0.6) is 0 Å². The summed E-state index contributed by atoms with van der Waals surface area (Å²) in [5, 5.41) is 0. The molecular weight excluding hydrogens is 170 g/mol. The minimum atomic E-state index is 0.655. The molecule has 1 aliphatic rings. The lowest BCUT2D eigenvalue weighted by Gasteiger charge is -2.29. The predicted molar refractivity (Wildman–Crippen MR) is 55.4 cm³/mol. The van der Waals surface area contributed by atoms with Gasteiger partial charge in [0.2, 0.25) is 0 Å². The molecule has 0 aliphatic carbocycles. The third-order valence-electron chi connectivity index (χ3n) is 2.48. The Morgan fingerprint density at radius 3 is 1.36 bits per heavy atom. The topological polar surface area (TPSA) is 0 Å². The first-order valence-electron chi connectivity index (χ1n) is 4.41. The van der Waals surface area contributed by atoms with Crippen molar-refractivity contribution in [3.05, 3.63) is 0 Å². The van der Waals surface area contributed by atoms with Crippen molar-refractivity contribution in [3.63, 3.8) is 0 Å². The van der Waals surface area contributed by atoms with Crippen LogP contribution < -0.4 is 0 Å². The molecule has 11 heavy (non-hydrogen) atoms. The molecule has 0 N–H and O–H groups in total. The third-order valence-corrected chi connectivity index (χ3v) is 6.40. The lowest BCUT2D eigenvalue weighted by atomic mass is 9.83. The Hall–Kier alpha value is 0.600. The molecule has 0 atom stereocenters. The molecule has 1 rings (SSSR count). The third kappa shape index (κ3) is 2.04. The molecule has 0 aromatic heterocycles. The van der Waals surface area contributed by atoms with Gasteiger partial charge in [-0.2, -0.15) is 0 Å². The quantitative estimate of drug-likeness (QED) is 0.574. The minimum Gasteiger partial charge on any atom is -0.0624 e. The maximum Gasteiger partial charge on any atom is 0.0622 e. The van der Waals surface area contributed by atoms with Crippen molar-refractivity contribution in [2.75, 3.05) is 0 Å². The highest BCUT2D eigenvalue weighted by Crippen LogP contribution is 2.66. The van der Waals surface area contributed by atoms with Crippen LogP contribution in [0.1, 0.15) is 34.6 Å². The summed E-state index contributed by atoms with van der Waals surface area (Å²) in [6.07, 6.45) is 0. The summed E-state index contributed by atoms with van der Waals surface area (Å²) in [7, 11) is 3.32. The van der Waals surface area contributed by atoms with Crippen molar-refractivity contribution in [1.82, 2.24) is 0 Å². The summed E-state index contributed by atoms with van der Waals surface area (Å²) in [5.74, 6) is 2.62. The average Bonchev–Trinajstić information content (AvgIpc) is 2.44. The van der Waals surface area contributed by atoms with Crippen LogP contribution in [-0.4, -0.2) is 4.90 Å². The molecule has 0 amide bonds. The maximum absolute atomic E-state index is 2.43. The summed E-state index contributed by atoms with van der Waals surface area (Å²) >= 11 is 0. The SMILES string of the molecule is CC(C)C(C(C)C)C1(C)P=P1. The molecular formula is C9H18P2. The number of hydrogen-bond donors (Lipinski definition) is 0. The van der Waals surface area contributed by atoms with E-state index in [0.29, 0.717) is 4.90 Å². The second-order valence-corrected chi connectivity index (χ2v) is 8.12. The van der Waals surface area contributed by atoms with E-state index in [1.807, 2.05) is 0 Å². The van der Waals surface area contributed by atoms with Crippen LogP contribution in [-0.2, 0) is 0 Å². The van der Waals surface area contributed by atoms with E-state index in [0.717, 1.165) is 17.8 Å². The molecule has 64 valence electrons. The van der Waals surface area contributed by atoms with Crippen molar-refractivity contribution in [2.24, 2.45) is 17.8 Å². The summed E-state index contributed by atoms with van der Waals surface area (Å²) < 4.78 is 0. The van der Waals surface area contributed by atoms with E-state index in [-0.39, 0.29) is 0 Å². The predicted octanol–water partition coefficient (Wildman–Crippen LogP) is 4.45. The highest BCUT2D eigenvalue weighted by molar-refractivity contribution is 8.03.